The normalized spacial score (nSPS) is 14.7. The summed E-state index contributed by atoms with van der Waals surface area (Å²) in [6.07, 6.45) is 1.33. The van der Waals surface area contributed by atoms with Crippen LogP contribution in [0.1, 0.15) is 18.9 Å². The van der Waals surface area contributed by atoms with Gasteiger partial charge in [-0.25, -0.2) is 0 Å². The molecule has 2 N–H and O–H groups in total. The van der Waals surface area contributed by atoms with Crippen molar-refractivity contribution in [1.82, 2.24) is 15.1 Å². The molecule has 132 valence electrons. The fraction of sp³-hybridized carbons (Fsp3) is 0.556. The van der Waals surface area contributed by atoms with Crippen molar-refractivity contribution < 1.29 is 9.59 Å². The van der Waals surface area contributed by atoms with Crippen molar-refractivity contribution >= 4 is 17.5 Å². The lowest BCUT2D eigenvalue weighted by Gasteiger charge is -2.28. The molecule has 2 amide bonds. The van der Waals surface area contributed by atoms with Crippen LogP contribution < -0.4 is 10.6 Å². The minimum absolute atomic E-state index is 0.0481. The maximum absolute atomic E-state index is 12.2. The van der Waals surface area contributed by atoms with Crippen molar-refractivity contribution in [1.29, 1.82) is 0 Å². The minimum atomic E-state index is -0.0481. The zero-order valence-electron chi connectivity index (χ0n) is 14.7. The van der Waals surface area contributed by atoms with Gasteiger partial charge in [-0.15, -0.1) is 0 Å². The number of nitrogens with one attached hydrogen (secondary N) is 2. The fourth-order valence-corrected chi connectivity index (χ4v) is 2.82. The van der Waals surface area contributed by atoms with E-state index in [1.54, 1.807) is 0 Å². The molecular formula is C18H28N4O2. The Morgan fingerprint density at radius 1 is 1.25 bits per heavy atom. The number of para-hydroxylation sites is 1. The van der Waals surface area contributed by atoms with Crippen molar-refractivity contribution in [2.75, 3.05) is 51.6 Å². The van der Waals surface area contributed by atoms with Crippen molar-refractivity contribution in [2.24, 2.45) is 0 Å². The molecule has 0 radical (unpaired) electrons. The highest BCUT2D eigenvalue weighted by atomic mass is 16.2. The van der Waals surface area contributed by atoms with E-state index in [2.05, 4.69) is 17.6 Å². The van der Waals surface area contributed by atoms with Crippen LogP contribution in [0.2, 0.25) is 0 Å². The van der Waals surface area contributed by atoms with Gasteiger partial charge in [0.1, 0.15) is 0 Å². The Morgan fingerprint density at radius 2 is 1.96 bits per heavy atom. The molecule has 0 spiro atoms. The highest BCUT2D eigenvalue weighted by molar-refractivity contribution is 5.93. The van der Waals surface area contributed by atoms with Gasteiger partial charge in [0.2, 0.25) is 11.8 Å². The summed E-state index contributed by atoms with van der Waals surface area (Å²) in [6.45, 7) is 6.21. The van der Waals surface area contributed by atoms with E-state index in [-0.39, 0.29) is 18.4 Å². The predicted molar refractivity (Wildman–Crippen MR) is 96.0 cm³/mol. The Balaban J connectivity index is 1.74. The summed E-state index contributed by atoms with van der Waals surface area (Å²) in [4.78, 5) is 28.1. The van der Waals surface area contributed by atoms with Gasteiger partial charge in [0.25, 0.3) is 0 Å². The minimum Gasteiger partial charge on any atom is -0.340 e. The second kappa shape index (κ2) is 9.39. The number of benzene rings is 1. The quantitative estimate of drug-likeness (QED) is 0.780. The van der Waals surface area contributed by atoms with E-state index in [0.717, 1.165) is 43.9 Å². The largest absolute Gasteiger partial charge is 0.340 e. The Hall–Kier alpha value is -1.92. The molecule has 0 aliphatic carbocycles. The summed E-state index contributed by atoms with van der Waals surface area (Å²) in [6, 6.07) is 7.84. The molecule has 6 heteroatoms. The molecule has 24 heavy (non-hydrogen) atoms. The van der Waals surface area contributed by atoms with Crippen LogP contribution in [0.4, 0.5) is 5.69 Å². The summed E-state index contributed by atoms with van der Waals surface area (Å²) in [5.74, 6) is 0.119. The summed E-state index contributed by atoms with van der Waals surface area (Å²) in [5, 5.41) is 6.19. The highest BCUT2D eigenvalue weighted by Gasteiger charge is 2.17. The van der Waals surface area contributed by atoms with Crippen LogP contribution in [0.5, 0.6) is 0 Å². The smallest absolute Gasteiger partial charge is 0.238 e. The highest BCUT2D eigenvalue weighted by Crippen LogP contribution is 2.15. The predicted octanol–water partition coefficient (Wildman–Crippen LogP) is 0.941. The number of hydrogen-bond donors (Lipinski definition) is 2. The average Bonchev–Trinajstić information content (AvgIpc) is 2.60. The number of piperazine rings is 1. The molecule has 0 aromatic heterocycles. The van der Waals surface area contributed by atoms with Crippen LogP contribution in [-0.2, 0) is 16.0 Å². The maximum Gasteiger partial charge on any atom is 0.238 e. The lowest BCUT2D eigenvalue weighted by molar-refractivity contribution is -0.132. The average molecular weight is 332 g/mol. The number of aryl methyl sites for hydroxylation is 1. The molecule has 1 aliphatic heterocycles. The van der Waals surface area contributed by atoms with Gasteiger partial charge >= 0.3 is 0 Å². The van der Waals surface area contributed by atoms with Gasteiger partial charge in [-0.3, -0.25) is 14.5 Å². The Bertz CT molecular complexity index is 556. The molecule has 1 aromatic carbocycles. The number of amides is 2. The van der Waals surface area contributed by atoms with Gasteiger partial charge in [-0.1, -0.05) is 25.1 Å². The maximum atomic E-state index is 12.2. The number of carbonyl (C=O) groups is 2. The molecule has 1 aliphatic rings. The van der Waals surface area contributed by atoms with E-state index in [9.17, 15) is 9.59 Å². The van der Waals surface area contributed by atoms with Crippen LogP contribution in [0.25, 0.3) is 0 Å². The molecular weight excluding hydrogens is 304 g/mol. The zero-order chi connectivity index (χ0) is 17.4. The monoisotopic (exact) mass is 332 g/mol. The first-order valence-corrected chi connectivity index (χ1v) is 8.65. The fourth-order valence-electron chi connectivity index (χ4n) is 2.82. The van der Waals surface area contributed by atoms with Crippen LogP contribution >= 0.6 is 0 Å². The number of hydrogen-bond acceptors (Lipinski definition) is 4. The van der Waals surface area contributed by atoms with Gasteiger partial charge < -0.3 is 15.5 Å². The van der Waals surface area contributed by atoms with E-state index >= 15 is 0 Å². The van der Waals surface area contributed by atoms with Crippen LogP contribution in [-0.4, -0.2) is 67.9 Å². The van der Waals surface area contributed by atoms with Gasteiger partial charge in [0.15, 0.2) is 0 Å². The van der Waals surface area contributed by atoms with Gasteiger partial charge in [-0.2, -0.15) is 0 Å². The van der Waals surface area contributed by atoms with E-state index < -0.39 is 0 Å². The Labute approximate surface area is 144 Å². The lowest BCUT2D eigenvalue weighted by Crippen LogP contribution is -2.47. The molecule has 0 unspecified atom stereocenters. The second-order valence-corrected chi connectivity index (χ2v) is 6.18. The van der Waals surface area contributed by atoms with Crippen molar-refractivity contribution in [3.8, 4) is 0 Å². The van der Waals surface area contributed by atoms with Crippen LogP contribution in [0, 0.1) is 0 Å². The number of nitrogens with zero attached hydrogens (tertiary/aromatic N) is 2. The first kappa shape index (κ1) is 18.4. The molecule has 2 rings (SSSR count). The van der Waals surface area contributed by atoms with Gasteiger partial charge in [-0.05, 0) is 25.1 Å². The second-order valence-electron chi connectivity index (χ2n) is 6.18. The molecule has 0 atom stereocenters. The third kappa shape index (κ3) is 5.62. The summed E-state index contributed by atoms with van der Waals surface area (Å²) in [7, 11) is 1.87. The van der Waals surface area contributed by atoms with E-state index in [1.807, 2.05) is 41.1 Å². The molecule has 1 saturated heterocycles. The van der Waals surface area contributed by atoms with Crippen LogP contribution in [0.15, 0.2) is 24.3 Å². The lowest BCUT2D eigenvalue weighted by atomic mass is 10.1. The molecule has 1 heterocycles. The molecule has 6 nitrogen and oxygen atoms in total. The van der Waals surface area contributed by atoms with Crippen molar-refractivity contribution in [2.45, 2.75) is 19.8 Å². The molecule has 1 fully saturated rings. The number of carbonyl (C=O) groups excluding carboxylic acids is 2. The zero-order valence-corrected chi connectivity index (χ0v) is 14.7. The molecule has 0 saturated carbocycles. The Morgan fingerprint density at radius 3 is 2.67 bits per heavy atom. The first-order valence-electron chi connectivity index (χ1n) is 8.65. The topological polar surface area (TPSA) is 64.7 Å². The standard InChI is InChI=1S/C18H28N4O2/c1-3-15-6-4-5-7-16(15)20-17(23)14-21(2)11-8-18(24)22-12-9-19-10-13-22/h4-7,19H,3,8-14H2,1-2H3,(H,20,23). The molecule has 0 bridgehead atoms. The summed E-state index contributed by atoms with van der Waals surface area (Å²) in [5.41, 5.74) is 2.00. The molecule has 1 aromatic rings. The number of rotatable bonds is 7. The van der Waals surface area contributed by atoms with Crippen molar-refractivity contribution in [3.05, 3.63) is 29.8 Å². The third-order valence-electron chi connectivity index (χ3n) is 4.26. The number of likely N-dealkylation sites (N-methyl/N-ethyl adjacent to an activating group) is 1. The van der Waals surface area contributed by atoms with Crippen molar-refractivity contribution in [3.63, 3.8) is 0 Å². The van der Waals surface area contributed by atoms with Gasteiger partial charge in [0.05, 0.1) is 6.54 Å². The summed E-state index contributed by atoms with van der Waals surface area (Å²) >= 11 is 0. The SMILES string of the molecule is CCc1ccccc1NC(=O)CN(C)CCC(=O)N1CCNCC1. The van der Waals surface area contributed by atoms with Gasteiger partial charge in [0, 0.05) is 44.8 Å². The first-order chi connectivity index (χ1) is 11.6. The number of anilines is 1. The van der Waals surface area contributed by atoms with Crippen LogP contribution in [0.3, 0.4) is 0 Å². The van der Waals surface area contributed by atoms with E-state index in [4.69, 9.17) is 0 Å². The summed E-state index contributed by atoms with van der Waals surface area (Å²) < 4.78 is 0. The van der Waals surface area contributed by atoms with E-state index in [0.29, 0.717) is 13.0 Å². The Kier molecular flexibility index (Phi) is 7.21. The van der Waals surface area contributed by atoms with E-state index in [1.165, 1.54) is 0 Å². The third-order valence-corrected chi connectivity index (χ3v) is 4.26.